The van der Waals surface area contributed by atoms with E-state index in [0.717, 1.165) is 12.3 Å². The molecule has 0 unspecified atom stereocenters. The molecule has 8 heteroatoms. The molecule has 0 aliphatic carbocycles. The molecule has 0 aliphatic rings. The third-order valence-electron chi connectivity index (χ3n) is 3.37. The number of imidazole rings is 1. The van der Waals surface area contributed by atoms with Gasteiger partial charge in [0.25, 0.3) is 0 Å². The fraction of sp³-hybridized carbons (Fsp3) is 0.417. The van der Waals surface area contributed by atoms with Crippen molar-refractivity contribution in [1.29, 1.82) is 0 Å². The molecule has 1 aromatic carbocycles. The van der Waals surface area contributed by atoms with Crippen molar-refractivity contribution >= 4 is 26.8 Å². The summed E-state index contributed by atoms with van der Waals surface area (Å²) in [5.74, 6) is -2.17. The fourth-order valence-electron chi connectivity index (χ4n) is 1.83. The second-order valence-electron chi connectivity index (χ2n) is 5.32. The van der Waals surface area contributed by atoms with Crippen molar-refractivity contribution in [2.75, 3.05) is 12.0 Å². The molecule has 2 aromatic rings. The number of rotatable bonds is 3. The van der Waals surface area contributed by atoms with Crippen LogP contribution < -0.4 is 5.73 Å². The lowest BCUT2D eigenvalue weighted by Crippen LogP contribution is -2.36. The van der Waals surface area contributed by atoms with E-state index in [9.17, 15) is 17.2 Å². The van der Waals surface area contributed by atoms with Crippen molar-refractivity contribution in [2.45, 2.75) is 25.1 Å². The number of nitrogens with two attached hydrogens (primary N) is 1. The first kappa shape index (κ1) is 14.7. The van der Waals surface area contributed by atoms with Crippen LogP contribution in [0.5, 0.6) is 0 Å². The van der Waals surface area contributed by atoms with Crippen LogP contribution in [-0.2, 0) is 16.4 Å². The molecule has 2 rings (SSSR count). The van der Waals surface area contributed by atoms with E-state index in [1.165, 1.54) is 24.5 Å². The molecule has 1 aromatic heterocycles. The summed E-state index contributed by atoms with van der Waals surface area (Å²) in [5, 5.41) is 0. The van der Waals surface area contributed by atoms with E-state index in [0.29, 0.717) is 0 Å². The Bertz CT molecular complexity index is 782. The van der Waals surface area contributed by atoms with Gasteiger partial charge in [-0.05, 0) is 26.0 Å². The van der Waals surface area contributed by atoms with E-state index >= 15 is 0 Å². The zero-order valence-corrected chi connectivity index (χ0v) is 12.1. The third kappa shape index (κ3) is 2.24. The van der Waals surface area contributed by atoms with Gasteiger partial charge in [0.05, 0.1) is 10.3 Å². The Hall–Kier alpha value is -1.70. The minimum Gasteiger partial charge on any atom is -0.369 e. The first-order valence-electron chi connectivity index (χ1n) is 5.84. The van der Waals surface area contributed by atoms with Crippen molar-refractivity contribution in [1.82, 2.24) is 9.55 Å². The number of nitrogen functional groups attached to an aromatic ring is 1. The summed E-state index contributed by atoms with van der Waals surface area (Å²) in [7, 11) is -3.41. The van der Waals surface area contributed by atoms with Crippen LogP contribution >= 0.6 is 0 Å². The van der Waals surface area contributed by atoms with Crippen LogP contribution in [-0.4, -0.2) is 29.0 Å². The first-order valence-corrected chi connectivity index (χ1v) is 7.73. The number of benzene rings is 1. The summed E-state index contributed by atoms with van der Waals surface area (Å²) >= 11 is 0. The second kappa shape index (κ2) is 4.41. The highest BCUT2D eigenvalue weighted by Gasteiger charge is 2.32. The number of aromatic nitrogens is 2. The molecule has 5 nitrogen and oxygen atoms in total. The highest BCUT2D eigenvalue weighted by molar-refractivity contribution is 7.92. The van der Waals surface area contributed by atoms with Crippen LogP contribution in [0.15, 0.2) is 12.1 Å². The lowest BCUT2D eigenvalue weighted by atomic mass is 10.2. The molecule has 0 spiro atoms. The Morgan fingerprint density at radius 2 is 1.95 bits per heavy atom. The van der Waals surface area contributed by atoms with Crippen LogP contribution in [0.4, 0.5) is 14.7 Å². The minimum absolute atomic E-state index is 0.0544. The highest BCUT2D eigenvalue weighted by Crippen LogP contribution is 2.27. The molecule has 0 atom stereocenters. The molecule has 0 amide bonds. The molecule has 2 N–H and O–H groups in total. The predicted molar refractivity (Wildman–Crippen MR) is 73.0 cm³/mol. The largest absolute Gasteiger partial charge is 0.369 e. The van der Waals surface area contributed by atoms with Gasteiger partial charge in [0, 0.05) is 12.8 Å². The lowest BCUT2D eigenvalue weighted by Gasteiger charge is -2.23. The Kier molecular flexibility index (Phi) is 3.24. The molecular weight excluding hydrogens is 288 g/mol. The van der Waals surface area contributed by atoms with Gasteiger partial charge in [-0.2, -0.15) is 0 Å². The van der Waals surface area contributed by atoms with E-state index in [4.69, 9.17) is 5.73 Å². The van der Waals surface area contributed by atoms with Crippen LogP contribution in [0.2, 0.25) is 0 Å². The second-order valence-corrected chi connectivity index (χ2v) is 7.97. The first-order chi connectivity index (χ1) is 9.04. The van der Waals surface area contributed by atoms with E-state index < -0.39 is 26.2 Å². The zero-order valence-electron chi connectivity index (χ0n) is 11.3. The van der Waals surface area contributed by atoms with Crippen LogP contribution in [0.25, 0.3) is 11.0 Å². The van der Waals surface area contributed by atoms with E-state index in [1.807, 2.05) is 0 Å². The standard InChI is InChI=1S/C12H15F2N3O2S/c1-12(2,20(3,18)19)6-17-10-8(16-11(17)15)5-4-7(13)9(10)14/h4-5H,6H2,1-3H3,(H2,15,16). The van der Waals surface area contributed by atoms with Gasteiger partial charge in [-0.25, -0.2) is 22.2 Å². The maximum atomic E-state index is 13.9. The van der Waals surface area contributed by atoms with Gasteiger partial charge in [0.1, 0.15) is 5.52 Å². The number of hydrogen-bond acceptors (Lipinski definition) is 4. The maximum Gasteiger partial charge on any atom is 0.201 e. The minimum atomic E-state index is -3.41. The predicted octanol–water partition coefficient (Wildman–Crippen LogP) is 1.72. The SMILES string of the molecule is CC(C)(Cn1c(N)nc2ccc(F)c(F)c21)S(C)(=O)=O. The van der Waals surface area contributed by atoms with Gasteiger partial charge >= 0.3 is 0 Å². The van der Waals surface area contributed by atoms with Gasteiger partial charge in [0.15, 0.2) is 21.5 Å². The highest BCUT2D eigenvalue weighted by atomic mass is 32.2. The van der Waals surface area contributed by atoms with Crippen molar-refractivity contribution in [3.63, 3.8) is 0 Å². The molecule has 0 aliphatic heterocycles. The number of anilines is 1. The van der Waals surface area contributed by atoms with Crippen LogP contribution in [0.1, 0.15) is 13.8 Å². The smallest absolute Gasteiger partial charge is 0.201 e. The number of sulfone groups is 1. The van der Waals surface area contributed by atoms with Crippen molar-refractivity contribution in [3.05, 3.63) is 23.8 Å². The molecule has 0 saturated carbocycles. The quantitative estimate of drug-likeness (QED) is 0.936. The van der Waals surface area contributed by atoms with E-state index in [1.54, 1.807) is 0 Å². The fourth-order valence-corrected chi connectivity index (χ4v) is 2.20. The van der Waals surface area contributed by atoms with E-state index in [2.05, 4.69) is 4.98 Å². The van der Waals surface area contributed by atoms with Crippen LogP contribution in [0, 0.1) is 11.6 Å². The van der Waals surface area contributed by atoms with Crippen molar-refractivity contribution in [3.8, 4) is 0 Å². The molecule has 0 fully saturated rings. The molecule has 0 bridgehead atoms. The Morgan fingerprint density at radius 1 is 1.35 bits per heavy atom. The average Bonchev–Trinajstić information content (AvgIpc) is 2.60. The summed E-state index contributed by atoms with van der Waals surface area (Å²) in [5.41, 5.74) is 5.75. The number of halogens is 2. The number of fused-ring (bicyclic) bond motifs is 1. The number of hydrogen-bond donors (Lipinski definition) is 1. The summed E-state index contributed by atoms with van der Waals surface area (Å²) in [6, 6.07) is 2.25. The molecule has 20 heavy (non-hydrogen) atoms. The summed E-state index contributed by atoms with van der Waals surface area (Å²) in [6.07, 6.45) is 1.08. The van der Waals surface area contributed by atoms with Gasteiger partial charge in [-0.15, -0.1) is 0 Å². The van der Waals surface area contributed by atoms with Gasteiger partial charge in [-0.1, -0.05) is 0 Å². The van der Waals surface area contributed by atoms with Gasteiger partial charge < -0.3 is 10.3 Å². The average molecular weight is 303 g/mol. The third-order valence-corrected chi connectivity index (χ3v) is 5.51. The topological polar surface area (TPSA) is 78.0 Å². The van der Waals surface area contributed by atoms with Crippen molar-refractivity contribution in [2.24, 2.45) is 0 Å². The molecule has 0 radical (unpaired) electrons. The van der Waals surface area contributed by atoms with Gasteiger partial charge in [-0.3, -0.25) is 0 Å². The van der Waals surface area contributed by atoms with Crippen LogP contribution in [0.3, 0.4) is 0 Å². The Labute approximate surface area is 115 Å². The number of nitrogens with zero attached hydrogens (tertiary/aromatic N) is 2. The van der Waals surface area contributed by atoms with Gasteiger partial charge in [0.2, 0.25) is 5.95 Å². The molecule has 0 saturated heterocycles. The molecule has 110 valence electrons. The lowest BCUT2D eigenvalue weighted by molar-refractivity contribution is 0.493. The summed E-state index contributed by atoms with van der Waals surface area (Å²) in [6.45, 7) is 2.87. The normalized spacial score (nSPS) is 13.1. The zero-order chi connectivity index (χ0) is 15.3. The van der Waals surface area contributed by atoms with E-state index in [-0.39, 0.29) is 23.5 Å². The maximum absolute atomic E-state index is 13.9. The summed E-state index contributed by atoms with van der Waals surface area (Å²) < 4.78 is 50.7. The van der Waals surface area contributed by atoms with Crippen molar-refractivity contribution < 1.29 is 17.2 Å². The molecule has 1 heterocycles. The Morgan fingerprint density at radius 3 is 2.50 bits per heavy atom. The monoisotopic (exact) mass is 303 g/mol. The molecular formula is C12H15F2N3O2S. The summed E-state index contributed by atoms with van der Waals surface area (Å²) in [4.78, 5) is 3.92. The Balaban J connectivity index is 2.67.